The van der Waals surface area contributed by atoms with Crippen LogP contribution in [0.4, 0.5) is 28.0 Å². The van der Waals surface area contributed by atoms with Gasteiger partial charge in [0.25, 0.3) is 0 Å². The summed E-state index contributed by atoms with van der Waals surface area (Å²) in [5.41, 5.74) is -0.153. The van der Waals surface area contributed by atoms with Crippen LogP contribution in [0.15, 0.2) is 72.8 Å². The maximum atomic E-state index is 13.1. The van der Waals surface area contributed by atoms with Gasteiger partial charge in [-0.25, -0.2) is 14.0 Å². The van der Waals surface area contributed by atoms with Crippen molar-refractivity contribution in [1.29, 1.82) is 0 Å². The van der Waals surface area contributed by atoms with E-state index < -0.39 is 35.7 Å². The van der Waals surface area contributed by atoms with Gasteiger partial charge in [-0.3, -0.25) is 0 Å². The van der Waals surface area contributed by atoms with Gasteiger partial charge < -0.3 is 29.5 Å². The summed E-state index contributed by atoms with van der Waals surface area (Å²) in [6.07, 6.45) is -4.95. The van der Waals surface area contributed by atoms with Gasteiger partial charge >= 0.3 is 18.2 Å². The molecule has 0 saturated carbocycles. The van der Waals surface area contributed by atoms with Crippen molar-refractivity contribution in [3.8, 4) is 11.5 Å². The lowest BCUT2D eigenvalue weighted by Crippen LogP contribution is -2.39. The summed E-state index contributed by atoms with van der Waals surface area (Å²) in [7, 11) is 0. The molecule has 2 N–H and O–H groups in total. The van der Waals surface area contributed by atoms with Gasteiger partial charge in [0, 0.05) is 25.3 Å². The van der Waals surface area contributed by atoms with E-state index in [1.165, 1.54) is 41.3 Å². The lowest BCUT2D eigenvalue weighted by molar-refractivity contribution is -0.150. The van der Waals surface area contributed by atoms with Crippen molar-refractivity contribution in [3.63, 3.8) is 0 Å². The minimum absolute atomic E-state index is 0.00869. The van der Waals surface area contributed by atoms with E-state index in [1.54, 1.807) is 31.2 Å². The molecule has 226 valence electrons. The monoisotopic (exact) mass is 592 g/mol. The number of benzene rings is 3. The Morgan fingerprint density at radius 3 is 2.19 bits per heavy atom. The van der Waals surface area contributed by atoms with Gasteiger partial charge in [-0.1, -0.05) is 18.2 Å². The zero-order valence-corrected chi connectivity index (χ0v) is 22.9. The highest BCUT2D eigenvalue weighted by atomic mass is 19.4. The van der Waals surface area contributed by atoms with E-state index in [0.29, 0.717) is 17.9 Å². The van der Waals surface area contributed by atoms with Crippen molar-refractivity contribution in [3.05, 3.63) is 89.7 Å². The lowest BCUT2D eigenvalue weighted by Gasteiger charge is -2.23. The van der Waals surface area contributed by atoms with E-state index in [9.17, 15) is 32.3 Å². The summed E-state index contributed by atoms with van der Waals surface area (Å²) < 4.78 is 69.0. The van der Waals surface area contributed by atoms with Crippen LogP contribution in [0, 0.1) is 5.82 Å². The zero-order chi connectivity index (χ0) is 30.5. The SMILES string of the molecule is CCOC(Cc1ccc(OCCN(CCCOc2ccc(F)cc2)C(=O)Nc2cccc(C(F)(F)F)c2)cc1)C(=O)O. The number of urea groups is 1. The van der Waals surface area contributed by atoms with E-state index in [1.807, 2.05) is 0 Å². The highest BCUT2D eigenvalue weighted by molar-refractivity contribution is 5.89. The molecule has 42 heavy (non-hydrogen) atoms. The maximum absolute atomic E-state index is 13.1. The molecule has 0 radical (unpaired) electrons. The third-order valence-electron chi connectivity index (χ3n) is 6.00. The van der Waals surface area contributed by atoms with Crippen molar-refractivity contribution in [1.82, 2.24) is 4.90 Å². The number of carbonyl (C=O) groups is 2. The lowest BCUT2D eigenvalue weighted by atomic mass is 10.1. The van der Waals surface area contributed by atoms with Crippen molar-refractivity contribution >= 4 is 17.7 Å². The van der Waals surface area contributed by atoms with Gasteiger partial charge in [-0.05, 0) is 73.5 Å². The van der Waals surface area contributed by atoms with E-state index in [4.69, 9.17) is 14.2 Å². The Morgan fingerprint density at radius 1 is 0.929 bits per heavy atom. The quantitative estimate of drug-likeness (QED) is 0.160. The minimum Gasteiger partial charge on any atom is -0.494 e. The first-order valence-corrected chi connectivity index (χ1v) is 13.2. The standard InChI is InChI=1S/C30H32F4N2O6/c1-2-40-27(28(37)38)19-21-7-11-25(12-8-21)42-18-16-36(15-4-17-41-26-13-9-23(31)10-14-26)29(39)35-24-6-3-5-22(20-24)30(32,33)34/h3,5-14,20,27H,2,4,15-19H2,1H3,(H,35,39)(H,37,38). The van der Waals surface area contributed by atoms with E-state index in [2.05, 4.69) is 5.32 Å². The number of nitrogens with one attached hydrogen (secondary N) is 1. The molecule has 0 aliphatic heterocycles. The van der Waals surface area contributed by atoms with Gasteiger partial charge in [-0.15, -0.1) is 0 Å². The number of amides is 2. The zero-order valence-electron chi connectivity index (χ0n) is 22.9. The molecule has 0 spiro atoms. The maximum Gasteiger partial charge on any atom is 0.416 e. The molecular formula is C30H32F4N2O6. The van der Waals surface area contributed by atoms with Crippen LogP contribution in [0.3, 0.4) is 0 Å². The normalized spacial score (nSPS) is 11.9. The van der Waals surface area contributed by atoms with E-state index in [0.717, 1.165) is 17.7 Å². The van der Waals surface area contributed by atoms with E-state index >= 15 is 0 Å². The van der Waals surface area contributed by atoms with Crippen LogP contribution in [0.1, 0.15) is 24.5 Å². The Balaban J connectivity index is 1.59. The van der Waals surface area contributed by atoms with Crippen LogP contribution in [0.5, 0.6) is 11.5 Å². The first kappa shape index (κ1) is 32.2. The number of ether oxygens (including phenoxy) is 3. The van der Waals surface area contributed by atoms with Gasteiger partial charge in [0.1, 0.15) is 23.9 Å². The Hall–Kier alpha value is -4.32. The van der Waals surface area contributed by atoms with Crippen molar-refractivity contribution in [2.45, 2.75) is 32.0 Å². The Labute approximate surface area is 240 Å². The molecule has 1 atom stereocenters. The summed E-state index contributed by atoms with van der Waals surface area (Å²) in [6, 6.07) is 16.0. The molecule has 2 amide bonds. The highest BCUT2D eigenvalue weighted by Gasteiger charge is 2.30. The third kappa shape index (κ3) is 10.6. The van der Waals surface area contributed by atoms with Crippen LogP contribution >= 0.6 is 0 Å². The molecule has 1 unspecified atom stereocenters. The van der Waals surface area contributed by atoms with Crippen LogP contribution in [-0.2, 0) is 22.1 Å². The molecule has 0 heterocycles. The molecule has 3 aromatic carbocycles. The molecule has 0 aromatic heterocycles. The topological polar surface area (TPSA) is 97.3 Å². The molecule has 0 aliphatic rings. The second-order valence-corrected chi connectivity index (χ2v) is 9.13. The third-order valence-corrected chi connectivity index (χ3v) is 6.00. The number of hydrogen-bond donors (Lipinski definition) is 2. The summed E-state index contributed by atoms with van der Waals surface area (Å²) in [4.78, 5) is 25.7. The summed E-state index contributed by atoms with van der Waals surface area (Å²) in [5.74, 6) is -0.507. The molecule has 0 fully saturated rings. The number of anilines is 1. The first-order valence-electron chi connectivity index (χ1n) is 13.2. The molecule has 0 bridgehead atoms. The van der Waals surface area contributed by atoms with Crippen LogP contribution in [-0.4, -0.2) is 61.0 Å². The van der Waals surface area contributed by atoms with Crippen LogP contribution < -0.4 is 14.8 Å². The number of halogens is 4. The number of carboxylic acid groups (broad SMARTS) is 1. The molecule has 8 nitrogen and oxygen atoms in total. The number of nitrogens with zero attached hydrogens (tertiary/aromatic N) is 1. The van der Waals surface area contributed by atoms with E-state index in [-0.39, 0.29) is 45.0 Å². The molecule has 0 saturated heterocycles. The largest absolute Gasteiger partial charge is 0.494 e. The van der Waals surface area contributed by atoms with Crippen molar-refractivity contribution in [2.75, 3.05) is 38.2 Å². The summed E-state index contributed by atoms with van der Waals surface area (Å²) in [6.45, 7) is 2.57. The molecule has 3 rings (SSSR count). The van der Waals surface area contributed by atoms with Crippen molar-refractivity contribution < 1.29 is 46.5 Å². The molecular weight excluding hydrogens is 560 g/mol. The number of hydrogen-bond acceptors (Lipinski definition) is 5. The Morgan fingerprint density at radius 2 is 1.57 bits per heavy atom. The van der Waals surface area contributed by atoms with Crippen LogP contribution in [0.2, 0.25) is 0 Å². The number of carbonyl (C=O) groups excluding carboxylic acids is 1. The second-order valence-electron chi connectivity index (χ2n) is 9.13. The van der Waals surface area contributed by atoms with Gasteiger partial charge in [0.15, 0.2) is 6.10 Å². The summed E-state index contributed by atoms with van der Waals surface area (Å²) in [5, 5.41) is 11.8. The molecule has 12 heteroatoms. The average molecular weight is 593 g/mol. The van der Waals surface area contributed by atoms with Gasteiger partial charge in [0.05, 0.1) is 18.7 Å². The second kappa shape index (κ2) is 15.6. The Kier molecular flexibility index (Phi) is 12.0. The Bertz CT molecular complexity index is 1290. The minimum atomic E-state index is -4.56. The number of carboxylic acids is 1. The summed E-state index contributed by atoms with van der Waals surface area (Å²) >= 11 is 0. The van der Waals surface area contributed by atoms with Crippen LogP contribution in [0.25, 0.3) is 0 Å². The molecule has 3 aromatic rings. The highest BCUT2D eigenvalue weighted by Crippen LogP contribution is 2.30. The fraction of sp³-hybridized carbons (Fsp3) is 0.333. The fourth-order valence-electron chi connectivity index (χ4n) is 3.90. The van der Waals surface area contributed by atoms with Gasteiger partial charge in [-0.2, -0.15) is 13.2 Å². The average Bonchev–Trinajstić information content (AvgIpc) is 2.95. The first-order chi connectivity index (χ1) is 20.0. The number of alkyl halides is 3. The molecule has 0 aliphatic carbocycles. The predicted molar refractivity (Wildman–Crippen MR) is 147 cm³/mol. The number of rotatable bonds is 15. The number of aliphatic carboxylic acids is 1. The fourth-order valence-corrected chi connectivity index (χ4v) is 3.90. The predicted octanol–water partition coefficient (Wildman–Crippen LogP) is 6.26. The van der Waals surface area contributed by atoms with Gasteiger partial charge in [0.2, 0.25) is 0 Å². The van der Waals surface area contributed by atoms with Crippen molar-refractivity contribution in [2.24, 2.45) is 0 Å². The smallest absolute Gasteiger partial charge is 0.416 e.